The summed E-state index contributed by atoms with van der Waals surface area (Å²) < 4.78 is 18.9. The van der Waals surface area contributed by atoms with Crippen molar-refractivity contribution in [2.45, 2.75) is 13.0 Å². The summed E-state index contributed by atoms with van der Waals surface area (Å²) in [6, 6.07) is 9.47. The molecule has 1 N–H and O–H groups in total. The van der Waals surface area contributed by atoms with Crippen molar-refractivity contribution >= 4 is 11.6 Å². The summed E-state index contributed by atoms with van der Waals surface area (Å²) in [5.74, 6) is 0.209. The molecule has 100 valence electrons. The Morgan fingerprint density at radius 1 is 1.21 bits per heavy atom. The van der Waals surface area contributed by atoms with Gasteiger partial charge in [0.15, 0.2) is 0 Å². The van der Waals surface area contributed by atoms with Gasteiger partial charge in [-0.15, -0.1) is 0 Å². The Hall–Kier alpha value is -1.58. The molecule has 0 radical (unpaired) electrons. The maximum absolute atomic E-state index is 13.8. The molecule has 0 aliphatic heterocycles. The van der Waals surface area contributed by atoms with Crippen molar-refractivity contribution in [1.29, 1.82) is 0 Å². The predicted octanol–water partition coefficient (Wildman–Crippen LogP) is 3.88. The van der Waals surface area contributed by atoms with Gasteiger partial charge in [0.1, 0.15) is 17.7 Å². The van der Waals surface area contributed by atoms with Crippen LogP contribution in [-0.2, 0) is 0 Å². The summed E-state index contributed by atoms with van der Waals surface area (Å²) in [5, 5.41) is 10.5. The highest BCUT2D eigenvalue weighted by Crippen LogP contribution is 2.29. The standard InChI is InChI=1S/C15H14ClFO2/c1-9-7-10(3-6-14(9)19-2)15(18)12-5-4-11(16)8-13(12)17/h3-8,15,18H,1-2H3. The zero-order valence-electron chi connectivity index (χ0n) is 10.7. The topological polar surface area (TPSA) is 29.5 Å². The second kappa shape index (κ2) is 5.59. The number of halogens is 2. The van der Waals surface area contributed by atoms with Crippen molar-refractivity contribution in [2.24, 2.45) is 0 Å². The van der Waals surface area contributed by atoms with Crippen LogP contribution in [0.2, 0.25) is 5.02 Å². The van der Waals surface area contributed by atoms with Gasteiger partial charge in [-0.25, -0.2) is 4.39 Å². The third-order valence-corrected chi connectivity index (χ3v) is 3.23. The molecule has 1 atom stereocenters. The number of aliphatic hydroxyl groups is 1. The minimum absolute atomic E-state index is 0.203. The maximum atomic E-state index is 13.8. The summed E-state index contributed by atoms with van der Waals surface area (Å²) in [4.78, 5) is 0. The van der Waals surface area contributed by atoms with Crippen LogP contribution < -0.4 is 4.74 Å². The van der Waals surface area contributed by atoms with Crippen LogP contribution >= 0.6 is 11.6 Å². The first kappa shape index (κ1) is 13.8. The fourth-order valence-electron chi connectivity index (χ4n) is 1.97. The zero-order chi connectivity index (χ0) is 14.0. The molecule has 0 aromatic heterocycles. The van der Waals surface area contributed by atoms with Crippen LogP contribution in [0, 0.1) is 12.7 Å². The zero-order valence-corrected chi connectivity index (χ0v) is 11.4. The lowest BCUT2D eigenvalue weighted by atomic mass is 9.99. The van der Waals surface area contributed by atoms with Crippen molar-refractivity contribution in [3.05, 3.63) is 63.9 Å². The highest BCUT2D eigenvalue weighted by Gasteiger charge is 2.16. The van der Waals surface area contributed by atoms with E-state index in [9.17, 15) is 9.50 Å². The third kappa shape index (κ3) is 2.88. The highest BCUT2D eigenvalue weighted by molar-refractivity contribution is 6.30. The fourth-order valence-corrected chi connectivity index (χ4v) is 2.13. The van der Waals surface area contributed by atoms with Crippen molar-refractivity contribution in [3.63, 3.8) is 0 Å². The quantitative estimate of drug-likeness (QED) is 0.924. The Kier molecular flexibility index (Phi) is 4.08. The van der Waals surface area contributed by atoms with Gasteiger partial charge in [0.05, 0.1) is 7.11 Å². The number of ether oxygens (including phenoxy) is 1. The molecule has 1 unspecified atom stereocenters. The van der Waals surface area contributed by atoms with E-state index in [1.54, 1.807) is 31.4 Å². The average molecular weight is 281 g/mol. The normalized spacial score (nSPS) is 12.3. The average Bonchev–Trinajstić information content (AvgIpc) is 2.38. The number of aryl methyl sites for hydroxylation is 1. The second-order valence-corrected chi connectivity index (χ2v) is 4.73. The molecular formula is C15H14ClFO2. The van der Waals surface area contributed by atoms with Crippen LogP contribution in [0.1, 0.15) is 22.8 Å². The number of hydrogen-bond donors (Lipinski definition) is 1. The number of rotatable bonds is 3. The van der Waals surface area contributed by atoms with Gasteiger partial charge in [-0.05, 0) is 42.3 Å². The molecule has 2 aromatic carbocycles. The van der Waals surface area contributed by atoms with Crippen LogP contribution in [0.5, 0.6) is 5.75 Å². The first-order valence-corrected chi connectivity index (χ1v) is 6.18. The molecule has 2 nitrogen and oxygen atoms in total. The molecule has 0 aliphatic carbocycles. The lowest BCUT2D eigenvalue weighted by molar-refractivity contribution is 0.215. The van der Waals surface area contributed by atoms with Gasteiger partial charge in [-0.2, -0.15) is 0 Å². The second-order valence-electron chi connectivity index (χ2n) is 4.30. The molecule has 0 saturated heterocycles. The minimum Gasteiger partial charge on any atom is -0.496 e. The van der Waals surface area contributed by atoms with E-state index >= 15 is 0 Å². The molecular weight excluding hydrogens is 267 g/mol. The summed E-state index contributed by atoms with van der Waals surface area (Å²) in [7, 11) is 1.58. The van der Waals surface area contributed by atoms with Gasteiger partial charge in [0, 0.05) is 10.6 Å². The van der Waals surface area contributed by atoms with Crippen molar-refractivity contribution in [1.82, 2.24) is 0 Å². The summed E-state index contributed by atoms with van der Waals surface area (Å²) in [5.41, 5.74) is 1.70. The van der Waals surface area contributed by atoms with Gasteiger partial charge in [-0.1, -0.05) is 23.7 Å². The van der Waals surface area contributed by atoms with Gasteiger partial charge >= 0.3 is 0 Å². The van der Waals surface area contributed by atoms with E-state index in [-0.39, 0.29) is 5.56 Å². The number of aliphatic hydroxyl groups excluding tert-OH is 1. The van der Waals surface area contributed by atoms with Crippen molar-refractivity contribution in [2.75, 3.05) is 7.11 Å². The molecule has 4 heteroatoms. The minimum atomic E-state index is -1.03. The molecule has 2 rings (SSSR count). The molecule has 0 bridgehead atoms. The molecule has 0 aliphatic rings. The van der Waals surface area contributed by atoms with Gasteiger partial charge in [0.25, 0.3) is 0 Å². The fraction of sp³-hybridized carbons (Fsp3) is 0.200. The third-order valence-electron chi connectivity index (χ3n) is 2.99. The van der Waals surface area contributed by atoms with E-state index in [1.165, 1.54) is 12.1 Å². The Morgan fingerprint density at radius 2 is 1.95 bits per heavy atom. The van der Waals surface area contributed by atoms with Crippen LogP contribution in [0.4, 0.5) is 4.39 Å². The molecule has 2 aromatic rings. The van der Waals surface area contributed by atoms with E-state index in [2.05, 4.69) is 0 Å². The molecule has 0 spiro atoms. The van der Waals surface area contributed by atoms with E-state index in [4.69, 9.17) is 16.3 Å². The van der Waals surface area contributed by atoms with Crippen LogP contribution in [0.3, 0.4) is 0 Å². The number of methoxy groups -OCH3 is 1. The molecule has 0 heterocycles. The van der Waals surface area contributed by atoms with E-state index in [1.807, 2.05) is 6.92 Å². The lowest BCUT2D eigenvalue weighted by Gasteiger charge is -2.14. The van der Waals surface area contributed by atoms with E-state index < -0.39 is 11.9 Å². The predicted molar refractivity (Wildman–Crippen MR) is 73.2 cm³/mol. The SMILES string of the molecule is COc1ccc(C(O)c2ccc(Cl)cc2F)cc1C. The number of benzene rings is 2. The van der Waals surface area contributed by atoms with Gasteiger partial charge in [-0.3, -0.25) is 0 Å². The number of hydrogen-bond acceptors (Lipinski definition) is 2. The summed E-state index contributed by atoms with van der Waals surface area (Å²) in [6.07, 6.45) is -1.03. The smallest absolute Gasteiger partial charge is 0.130 e. The Balaban J connectivity index is 2.38. The summed E-state index contributed by atoms with van der Waals surface area (Å²) >= 11 is 5.69. The van der Waals surface area contributed by atoms with Crippen LogP contribution in [-0.4, -0.2) is 12.2 Å². The Labute approximate surface area is 116 Å². The molecule has 0 fully saturated rings. The summed E-state index contributed by atoms with van der Waals surface area (Å²) in [6.45, 7) is 1.87. The first-order valence-electron chi connectivity index (χ1n) is 5.80. The van der Waals surface area contributed by atoms with Crippen LogP contribution in [0.15, 0.2) is 36.4 Å². The molecule has 19 heavy (non-hydrogen) atoms. The van der Waals surface area contributed by atoms with Crippen LogP contribution in [0.25, 0.3) is 0 Å². The first-order chi connectivity index (χ1) is 9.02. The van der Waals surface area contributed by atoms with Gasteiger partial charge in [0.2, 0.25) is 0 Å². The Morgan fingerprint density at radius 3 is 2.53 bits per heavy atom. The van der Waals surface area contributed by atoms with Crippen molar-refractivity contribution in [3.8, 4) is 5.75 Å². The maximum Gasteiger partial charge on any atom is 0.130 e. The van der Waals surface area contributed by atoms with E-state index in [0.717, 1.165) is 11.3 Å². The molecule has 0 amide bonds. The van der Waals surface area contributed by atoms with Crippen molar-refractivity contribution < 1.29 is 14.2 Å². The van der Waals surface area contributed by atoms with Gasteiger partial charge < -0.3 is 9.84 Å². The highest BCUT2D eigenvalue weighted by atomic mass is 35.5. The lowest BCUT2D eigenvalue weighted by Crippen LogP contribution is -2.03. The monoisotopic (exact) mass is 280 g/mol. The largest absolute Gasteiger partial charge is 0.496 e. The van der Waals surface area contributed by atoms with E-state index in [0.29, 0.717) is 10.6 Å². The Bertz CT molecular complexity index is 599. The molecule has 0 saturated carbocycles.